The molecule has 1 aromatic rings. The molecule has 0 fully saturated rings. The van der Waals surface area contributed by atoms with Gasteiger partial charge in [0.1, 0.15) is 0 Å². The van der Waals surface area contributed by atoms with Crippen LogP contribution in [0.15, 0.2) is 18.5 Å². The normalized spacial score (nSPS) is 8.30. The van der Waals surface area contributed by atoms with Gasteiger partial charge in [0.25, 0.3) is 0 Å². The highest BCUT2D eigenvalue weighted by atomic mass is 15.3. The smallest absolute Gasteiger partial charge is 0.0489 e. The Balaban J connectivity index is 0. The van der Waals surface area contributed by atoms with Gasteiger partial charge in [0.05, 0.1) is 0 Å². The molecule has 0 spiro atoms. The molecule has 0 aliphatic heterocycles. The summed E-state index contributed by atoms with van der Waals surface area (Å²) in [5.74, 6) is 0. The molecule has 0 saturated carbocycles. The molecule has 0 unspecified atom stereocenters. The lowest BCUT2D eigenvalue weighted by molar-refractivity contribution is 0.532. The summed E-state index contributed by atoms with van der Waals surface area (Å²) in [7, 11) is 0. The first kappa shape index (κ1) is 11.9. The lowest BCUT2D eigenvalue weighted by Gasteiger charge is -2.01. The van der Waals surface area contributed by atoms with E-state index in [9.17, 15) is 0 Å². The topological polar surface area (TPSA) is 17.8 Å². The standard InChI is InChI=1S/C6H10N2.2CH4/c1-6(2)8-5-3-4-7-8;;/h3-6H,1-2H3;2*1H4. The molecule has 2 nitrogen and oxygen atoms in total. The van der Waals surface area contributed by atoms with Crippen LogP contribution in [0, 0.1) is 0 Å². The van der Waals surface area contributed by atoms with Gasteiger partial charge in [-0.3, -0.25) is 4.68 Å². The van der Waals surface area contributed by atoms with Crippen molar-refractivity contribution in [3.63, 3.8) is 0 Å². The van der Waals surface area contributed by atoms with Gasteiger partial charge in [0, 0.05) is 18.4 Å². The summed E-state index contributed by atoms with van der Waals surface area (Å²) in [6.45, 7) is 4.21. The van der Waals surface area contributed by atoms with Crippen molar-refractivity contribution in [2.75, 3.05) is 0 Å². The Morgan fingerprint density at radius 1 is 1.30 bits per heavy atom. The third-order valence-corrected chi connectivity index (χ3v) is 1.05. The molecule has 10 heavy (non-hydrogen) atoms. The fourth-order valence-corrected chi connectivity index (χ4v) is 0.586. The van der Waals surface area contributed by atoms with Gasteiger partial charge in [-0.1, -0.05) is 14.9 Å². The summed E-state index contributed by atoms with van der Waals surface area (Å²) < 4.78 is 1.92. The second kappa shape index (κ2) is 5.03. The molecule has 1 aromatic heterocycles. The molecule has 0 N–H and O–H groups in total. The molecule has 0 amide bonds. The van der Waals surface area contributed by atoms with E-state index < -0.39 is 0 Å². The molecule has 0 bridgehead atoms. The average molecular weight is 142 g/mol. The predicted octanol–water partition coefficient (Wildman–Crippen LogP) is 2.74. The Hall–Kier alpha value is -0.790. The number of nitrogens with zero attached hydrogens (tertiary/aromatic N) is 2. The van der Waals surface area contributed by atoms with Gasteiger partial charge in [0.15, 0.2) is 0 Å². The van der Waals surface area contributed by atoms with E-state index >= 15 is 0 Å². The van der Waals surface area contributed by atoms with Crippen LogP contribution in [0.5, 0.6) is 0 Å². The first-order valence-corrected chi connectivity index (χ1v) is 2.80. The predicted molar refractivity (Wildman–Crippen MR) is 46.1 cm³/mol. The molecule has 2 heteroatoms. The average Bonchev–Trinajstić information content (AvgIpc) is 2.12. The summed E-state index contributed by atoms with van der Waals surface area (Å²) in [5, 5.41) is 4.03. The van der Waals surface area contributed by atoms with Crippen molar-refractivity contribution >= 4 is 0 Å². The SMILES string of the molecule is C.C.CC(C)n1cccn1. The van der Waals surface area contributed by atoms with Crippen LogP contribution in [0.4, 0.5) is 0 Å². The molecule has 1 rings (SSSR count). The van der Waals surface area contributed by atoms with Crippen molar-refractivity contribution in [2.24, 2.45) is 0 Å². The second-order valence-corrected chi connectivity index (χ2v) is 2.08. The van der Waals surface area contributed by atoms with E-state index in [1.165, 1.54) is 0 Å². The molecular weight excluding hydrogens is 124 g/mol. The van der Waals surface area contributed by atoms with Gasteiger partial charge in [-0.25, -0.2) is 0 Å². The minimum atomic E-state index is 0. The number of aromatic nitrogens is 2. The van der Waals surface area contributed by atoms with Crippen molar-refractivity contribution < 1.29 is 0 Å². The molecule has 0 radical (unpaired) electrons. The van der Waals surface area contributed by atoms with Gasteiger partial charge >= 0.3 is 0 Å². The number of hydrogen-bond donors (Lipinski definition) is 0. The highest BCUT2D eigenvalue weighted by molar-refractivity contribution is 4.79. The maximum absolute atomic E-state index is 4.03. The maximum atomic E-state index is 4.03. The Morgan fingerprint density at radius 2 is 1.90 bits per heavy atom. The van der Waals surface area contributed by atoms with E-state index in [0.717, 1.165) is 0 Å². The van der Waals surface area contributed by atoms with E-state index in [-0.39, 0.29) is 14.9 Å². The molecular formula is C8H18N2. The van der Waals surface area contributed by atoms with Gasteiger partial charge in [-0.15, -0.1) is 0 Å². The van der Waals surface area contributed by atoms with Gasteiger partial charge < -0.3 is 0 Å². The quantitative estimate of drug-likeness (QED) is 0.589. The van der Waals surface area contributed by atoms with Crippen LogP contribution in [-0.4, -0.2) is 9.78 Å². The summed E-state index contributed by atoms with van der Waals surface area (Å²) in [5.41, 5.74) is 0. The summed E-state index contributed by atoms with van der Waals surface area (Å²) in [6.07, 6.45) is 3.75. The Bertz CT molecular complexity index is 142. The zero-order valence-corrected chi connectivity index (χ0v) is 5.20. The van der Waals surface area contributed by atoms with E-state index in [1.54, 1.807) is 6.20 Å². The lowest BCUT2D eigenvalue weighted by atomic mass is 10.4. The summed E-state index contributed by atoms with van der Waals surface area (Å²) in [6, 6.07) is 2.42. The number of hydrogen-bond acceptors (Lipinski definition) is 1. The van der Waals surface area contributed by atoms with E-state index in [2.05, 4.69) is 18.9 Å². The Kier molecular flexibility index (Phi) is 6.01. The lowest BCUT2D eigenvalue weighted by Crippen LogP contribution is -1.99. The van der Waals surface area contributed by atoms with E-state index in [0.29, 0.717) is 6.04 Å². The van der Waals surface area contributed by atoms with Gasteiger partial charge in [-0.2, -0.15) is 5.10 Å². The van der Waals surface area contributed by atoms with Crippen LogP contribution in [0.25, 0.3) is 0 Å². The molecule has 1 heterocycles. The minimum Gasteiger partial charge on any atom is -0.270 e. The molecule has 60 valence electrons. The zero-order valence-electron chi connectivity index (χ0n) is 5.20. The first-order valence-electron chi connectivity index (χ1n) is 2.80. The summed E-state index contributed by atoms with van der Waals surface area (Å²) in [4.78, 5) is 0. The maximum Gasteiger partial charge on any atom is 0.0489 e. The molecule has 0 aromatic carbocycles. The second-order valence-electron chi connectivity index (χ2n) is 2.08. The first-order chi connectivity index (χ1) is 3.80. The zero-order chi connectivity index (χ0) is 5.98. The highest BCUT2D eigenvalue weighted by Gasteiger charge is 1.91. The van der Waals surface area contributed by atoms with Crippen LogP contribution in [0.2, 0.25) is 0 Å². The third kappa shape index (κ3) is 2.67. The third-order valence-electron chi connectivity index (χ3n) is 1.05. The fourth-order valence-electron chi connectivity index (χ4n) is 0.586. The van der Waals surface area contributed by atoms with Crippen LogP contribution in [-0.2, 0) is 0 Å². The number of rotatable bonds is 1. The van der Waals surface area contributed by atoms with Crippen LogP contribution < -0.4 is 0 Å². The van der Waals surface area contributed by atoms with Crippen LogP contribution in [0.3, 0.4) is 0 Å². The molecule has 0 aliphatic rings. The van der Waals surface area contributed by atoms with Crippen molar-refractivity contribution in [3.05, 3.63) is 18.5 Å². The molecule has 0 aliphatic carbocycles. The minimum absolute atomic E-state index is 0. The van der Waals surface area contributed by atoms with E-state index in [4.69, 9.17) is 0 Å². The van der Waals surface area contributed by atoms with Crippen LogP contribution in [0.1, 0.15) is 34.7 Å². The molecule has 0 atom stereocenters. The van der Waals surface area contributed by atoms with Crippen LogP contribution >= 0.6 is 0 Å². The monoisotopic (exact) mass is 142 g/mol. The van der Waals surface area contributed by atoms with Gasteiger partial charge in [0.2, 0.25) is 0 Å². The van der Waals surface area contributed by atoms with E-state index in [1.807, 2.05) is 16.9 Å². The largest absolute Gasteiger partial charge is 0.270 e. The van der Waals surface area contributed by atoms with Crippen molar-refractivity contribution in [1.82, 2.24) is 9.78 Å². The Labute approximate surface area is 63.9 Å². The van der Waals surface area contributed by atoms with Crippen molar-refractivity contribution in [2.45, 2.75) is 34.7 Å². The summed E-state index contributed by atoms with van der Waals surface area (Å²) >= 11 is 0. The molecule has 0 saturated heterocycles. The van der Waals surface area contributed by atoms with Crippen molar-refractivity contribution in [3.8, 4) is 0 Å². The Morgan fingerprint density at radius 3 is 2.10 bits per heavy atom. The van der Waals surface area contributed by atoms with Crippen molar-refractivity contribution in [1.29, 1.82) is 0 Å². The fraction of sp³-hybridized carbons (Fsp3) is 0.625. The highest BCUT2D eigenvalue weighted by Crippen LogP contribution is 1.98. The van der Waals surface area contributed by atoms with Gasteiger partial charge in [-0.05, 0) is 19.9 Å².